The summed E-state index contributed by atoms with van der Waals surface area (Å²) in [6.45, 7) is 23.1. The molecule has 0 bridgehead atoms. The summed E-state index contributed by atoms with van der Waals surface area (Å²) in [5, 5.41) is 5.89. The lowest BCUT2D eigenvalue weighted by molar-refractivity contribution is -0.146. The molecule has 0 aromatic heterocycles. The van der Waals surface area contributed by atoms with Gasteiger partial charge in [0, 0.05) is 11.6 Å². The van der Waals surface area contributed by atoms with Crippen LogP contribution in [0.4, 0.5) is 4.79 Å². The van der Waals surface area contributed by atoms with E-state index in [-0.39, 0.29) is 23.8 Å². The maximum Gasteiger partial charge on any atom is 0.408 e. The second kappa shape index (κ2) is 13.3. The summed E-state index contributed by atoms with van der Waals surface area (Å²) >= 11 is 0. The van der Waals surface area contributed by atoms with E-state index in [0.29, 0.717) is 5.92 Å². The number of hydrogen-bond acceptors (Lipinski definition) is 4. The van der Waals surface area contributed by atoms with Crippen LogP contribution in [0.25, 0.3) is 0 Å². The Labute approximate surface area is 225 Å². The minimum Gasteiger partial charge on any atom is -0.444 e. The van der Waals surface area contributed by atoms with Gasteiger partial charge in [0.25, 0.3) is 0 Å². The molecule has 0 radical (unpaired) electrons. The fraction of sp³-hybridized carbons (Fsp3) is 0.700. The van der Waals surface area contributed by atoms with E-state index in [1.165, 1.54) is 0 Å². The zero-order chi connectivity index (χ0) is 28.7. The monoisotopic (exact) mass is 517 g/mol. The van der Waals surface area contributed by atoms with Gasteiger partial charge in [0.05, 0.1) is 0 Å². The highest BCUT2D eigenvalue weighted by Crippen LogP contribution is 2.30. The Bertz CT molecular complexity index is 912. The lowest BCUT2D eigenvalue weighted by Gasteiger charge is -2.41. The minimum atomic E-state index is -0.856. The van der Waals surface area contributed by atoms with Gasteiger partial charge in [-0.15, -0.1) is 0 Å². The molecule has 0 spiro atoms. The Morgan fingerprint density at radius 1 is 0.919 bits per heavy atom. The van der Waals surface area contributed by atoms with E-state index >= 15 is 0 Å². The number of carbonyl (C=O) groups excluding carboxylic acids is 3. The Balaban J connectivity index is 3.65. The van der Waals surface area contributed by atoms with Crippen LogP contribution in [0, 0.1) is 18.8 Å². The highest BCUT2D eigenvalue weighted by molar-refractivity contribution is 5.93. The van der Waals surface area contributed by atoms with Gasteiger partial charge in [-0.1, -0.05) is 52.0 Å². The van der Waals surface area contributed by atoms with E-state index in [1.54, 1.807) is 25.7 Å². The van der Waals surface area contributed by atoms with Crippen molar-refractivity contribution in [2.24, 2.45) is 11.8 Å². The quantitative estimate of drug-likeness (QED) is 0.389. The summed E-state index contributed by atoms with van der Waals surface area (Å²) in [5.41, 5.74) is 0.510. The zero-order valence-corrected chi connectivity index (χ0v) is 25.2. The molecule has 7 heteroatoms. The smallest absolute Gasteiger partial charge is 0.408 e. The lowest BCUT2D eigenvalue weighted by atomic mass is 9.92. The number of nitrogens with one attached hydrogen (secondary N) is 2. The van der Waals surface area contributed by atoms with Crippen LogP contribution >= 0.6 is 0 Å². The predicted octanol–water partition coefficient (Wildman–Crippen LogP) is 6.15. The van der Waals surface area contributed by atoms with Crippen LogP contribution in [0.3, 0.4) is 0 Å². The van der Waals surface area contributed by atoms with Crippen molar-refractivity contribution in [3.05, 3.63) is 35.4 Å². The molecule has 0 saturated carbocycles. The second-order valence-corrected chi connectivity index (χ2v) is 12.9. The van der Waals surface area contributed by atoms with Crippen molar-refractivity contribution < 1.29 is 19.1 Å². The number of ether oxygens (including phenoxy) is 1. The van der Waals surface area contributed by atoms with Crippen molar-refractivity contribution in [1.29, 1.82) is 0 Å². The van der Waals surface area contributed by atoms with Gasteiger partial charge >= 0.3 is 6.09 Å². The van der Waals surface area contributed by atoms with Gasteiger partial charge in [0.15, 0.2) is 0 Å². The third-order valence-corrected chi connectivity index (χ3v) is 6.00. The van der Waals surface area contributed by atoms with E-state index in [2.05, 4.69) is 24.5 Å². The van der Waals surface area contributed by atoms with Crippen molar-refractivity contribution in [2.75, 3.05) is 0 Å². The first kappa shape index (κ1) is 32.5. The fourth-order valence-corrected chi connectivity index (χ4v) is 4.17. The molecule has 1 aromatic rings. The number of nitrogens with zero attached hydrogens (tertiary/aromatic N) is 1. The largest absolute Gasteiger partial charge is 0.444 e. The SMILES string of the molecule is Cc1ccccc1C(C(=O)NC(C)(C)C)N(C(=O)C(NC(=O)OC(C)(C)C)C(C)C)C(C)CCC(C)C. The van der Waals surface area contributed by atoms with Gasteiger partial charge in [0.2, 0.25) is 11.8 Å². The van der Waals surface area contributed by atoms with Crippen molar-refractivity contribution in [1.82, 2.24) is 15.5 Å². The fourth-order valence-electron chi connectivity index (χ4n) is 4.17. The third kappa shape index (κ3) is 10.7. The molecule has 0 fully saturated rings. The van der Waals surface area contributed by atoms with Gasteiger partial charge in [-0.2, -0.15) is 0 Å². The summed E-state index contributed by atoms with van der Waals surface area (Å²) in [5.74, 6) is -0.315. The molecule has 0 aliphatic heterocycles. The molecule has 3 unspecified atom stereocenters. The first-order valence-electron chi connectivity index (χ1n) is 13.5. The number of carbonyl (C=O) groups is 3. The summed E-state index contributed by atoms with van der Waals surface area (Å²) < 4.78 is 5.47. The van der Waals surface area contributed by atoms with Crippen molar-refractivity contribution >= 4 is 17.9 Å². The third-order valence-electron chi connectivity index (χ3n) is 6.00. The molecule has 7 nitrogen and oxygen atoms in total. The average molecular weight is 518 g/mol. The topological polar surface area (TPSA) is 87.7 Å². The Morgan fingerprint density at radius 2 is 1.49 bits per heavy atom. The van der Waals surface area contributed by atoms with Gasteiger partial charge in [-0.05, 0) is 91.2 Å². The van der Waals surface area contributed by atoms with E-state index in [1.807, 2.05) is 72.7 Å². The predicted molar refractivity (Wildman–Crippen MR) is 150 cm³/mol. The molecule has 0 aliphatic carbocycles. The van der Waals surface area contributed by atoms with E-state index in [9.17, 15) is 14.4 Å². The normalized spacial score (nSPS) is 14.6. The van der Waals surface area contributed by atoms with Gasteiger partial charge in [0.1, 0.15) is 17.7 Å². The highest BCUT2D eigenvalue weighted by Gasteiger charge is 2.41. The van der Waals surface area contributed by atoms with Crippen LogP contribution in [-0.4, -0.2) is 46.0 Å². The Morgan fingerprint density at radius 3 is 1.95 bits per heavy atom. The van der Waals surface area contributed by atoms with Gasteiger partial charge in [-0.25, -0.2) is 4.79 Å². The molecule has 0 aliphatic rings. The van der Waals surface area contributed by atoms with Crippen molar-refractivity contribution in [3.63, 3.8) is 0 Å². The summed E-state index contributed by atoms with van der Waals surface area (Å²) in [6.07, 6.45) is 0.977. The van der Waals surface area contributed by atoms with Crippen LogP contribution in [0.15, 0.2) is 24.3 Å². The first-order valence-corrected chi connectivity index (χ1v) is 13.5. The van der Waals surface area contributed by atoms with Crippen LogP contribution in [0.2, 0.25) is 0 Å². The standard InChI is InChI=1S/C30H51N3O4/c1-19(2)17-18-22(6)33(27(35)24(20(3)4)31-28(36)37-30(10,11)12)25(26(34)32-29(7,8)9)23-16-14-13-15-21(23)5/h13-16,19-20,22,24-25H,17-18H2,1-12H3,(H,31,36)(H,32,34). The number of aryl methyl sites for hydroxylation is 1. The first-order chi connectivity index (χ1) is 16.8. The molecule has 2 N–H and O–H groups in total. The molecule has 37 heavy (non-hydrogen) atoms. The Hall–Kier alpha value is -2.57. The van der Waals surface area contributed by atoms with Crippen molar-refractivity contribution in [2.45, 2.75) is 125 Å². The molecule has 3 amide bonds. The van der Waals surface area contributed by atoms with E-state index in [4.69, 9.17) is 4.74 Å². The zero-order valence-electron chi connectivity index (χ0n) is 25.2. The molecular weight excluding hydrogens is 466 g/mol. The average Bonchev–Trinajstić information content (AvgIpc) is 2.71. The number of benzene rings is 1. The van der Waals surface area contributed by atoms with Gasteiger partial charge in [-0.3, -0.25) is 9.59 Å². The lowest BCUT2D eigenvalue weighted by Crippen LogP contribution is -2.58. The Kier molecular flexibility index (Phi) is 11.7. The van der Waals surface area contributed by atoms with Crippen LogP contribution in [0.1, 0.15) is 106 Å². The van der Waals surface area contributed by atoms with Crippen LogP contribution in [-0.2, 0) is 14.3 Å². The number of alkyl carbamates (subject to hydrolysis) is 1. The molecule has 0 heterocycles. The van der Waals surface area contributed by atoms with E-state index < -0.39 is 29.3 Å². The maximum atomic E-state index is 14.3. The van der Waals surface area contributed by atoms with Gasteiger partial charge < -0.3 is 20.3 Å². The van der Waals surface area contributed by atoms with E-state index in [0.717, 1.165) is 24.0 Å². The van der Waals surface area contributed by atoms with Crippen molar-refractivity contribution in [3.8, 4) is 0 Å². The maximum absolute atomic E-state index is 14.3. The van der Waals surface area contributed by atoms with Crippen LogP contribution in [0.5, 0.6) is 0 Å². The molecule has 3 atom stereocenters. The number of rotatable bonds is 10. The summed E-state index contributed by atoms with van der Waals surface area (Å²) in [4.78, 5) is 42.6. The molecular formula is C30H51N3O4. The summed E-state index contributed by atoms with van der Waals surface area (Å²) in [7, 11) is 0. The molecule has 1 aromatic carbocycles. The second-order valence-electron chi connectivity index (χ2n) is 12.9. The molecule has 1 rings (SSSR count). The number of amides is 3. The summed E-state index contributed by atoms with van der Waals surface area (Å²) in [6, 6.07) is 5.72. The minimum absolute atomic E-state index is 0.219. The number of hydrogen-bond donors (Lipinski definition) is 2. The van der Waals surface area contributed by atoms with Crippen LogP contribution < -0.4 is 10.6 Å². The molecule has 210 valence electrons. The highest BCUT2D eigenvalue weighted by atomic mass is 16.6. The molecule has 0 saturated heterocycles.